The van der Waals surface area contributed by atoms with Crippen molar-refractivity contribution in [2.24, 2.45) is 0 Å². The highest BCUT2D eigenvalue weighted by Gasteiger charge is 2.22. The highest BCUT2D eigenvalue weighted by molar-refractivity contribution is 7.09. The fourth-order valence-electron chi connectivity index (χ4n) is 3.95. The number of anilines is 1. The van der Waals surface area contributed by atoms with E-state index in [9.17, 15) is 4.79 Å². The summed E-state index contributed by atoms with van der Waals surface area (Å²) in [5, 5.41) is 3.01. The Labute approximate surface area is 190 Å². The molecule has 1 amide bonds. The molecule has 4 aromatic rings. The molecule has 0 saturated carbocycles. The summed E-state index contributed by atoms with van der Waals surface area (Å²) in [6.45, 7) is 5.35. The van der Waals surface area contributed by atoms with Crippen LogP contribution in [0.2, 0.25) is 0 Å². The Morgan fingerprint density at radius 3 is 2.84 bits per heavy atom. The van der Waals surface area contributed by atoms with E-state index >= 15 is 0 Å². The first-order valence-corrected chi connectivity index (χ1v) is 11.7. The van der Waals surface area contributed by atoms with Crippen LogP contribution in [0.4, 0.5) is 5.95 Å². The zero-order valence-electron chi connectivity index (χ0n) is 18.0. The highest BCUT2D eigenvalue weighted by atomic mass is 32.1. The van der Waals surface area contributed by atoms with Crippen molar-refractivity contribution in [3.63, 3.8) is 0 Å². The number of amides is 1. The maximum Gasteiger partial charge on any atom is 0.254 e. The second kappa shape index (κ2) is 9.00. The Hall–Kier alpha value is -3.39. The molecule has 0 aliphatic carbocycles. The third-order valence-electron chi connectivity index (χ3n) is 5.59. The molecule has 7 nitrogen and oxygen atoms in total. The summed E-state index contributed by atoms with van der Waals surface area (Å²) in [6.07, 6.45) is 0.891. The van der Waals surface area contributed by atoms with E-state index in [0.717, 1.165) is 53.7 Å². The number of para-hydroxylation sites is 2. The van der Waals surface area contributed by atoms with Crippen molar-refractivity contribution in [2.45, 2.75) is 20.0 Å². The van der Waals surface area contributed by atoms with Crippen LogP contribution in [-0.4, -0.2) is 51.9 Å². The molecule has 0 spiro atoms. The van der Waals surface area contributed by atoms with E-state index in [1.807, 2.05) is 65.7 Å². The first-order valence-electron chi connectivity index (χ1n) is 10.8. The number of benzene rings is 2. The molecule has 1 N–H and O–H groups in total. The number of aromatic nitrogens is 3. The Kier molecular flexibility index (Phi) is 5.77. The monoisotopic (exact) mass is 447 g/mol. The van der Waals surface area contributed by atoms with Crippen LogP contribution in [0.15, 0.2) is 53.9 Å². The largest absolute Gasteiger partial charge is 0.487 e. The van der Waals surface area contributed by atoms with Crippen LogP contribution in [0.25, 0.3) is 11.0 Å². The average Bonchev–Trinajstić information content (AvgIpc) is 3.35. The van der Waals surface area contributed by atoms with Gasteiger partial charge in [0.15, 0.2) is 0 Å². The molecule has 164 valence electrons. The fraction of sp³-hybridized carbons (Fsp3) is 0.292. The summed E-state index contributed by atoms with van der Waals surface area (Å²) >= 11 is 1.61. The van der Waals surface area contributed by atoms with E-state index < -0.39 is 0 Å². The van der Waals surface area contributed by atoms with E-state index in [1.54, 1.807) is 11.3 Å². The van der Waals surface area contributed by atoms with Gasteiger partial charge in [0.05, 0.1) is 21.7 Å². The van der Waals surface area contributed by atoms with Crippen molar-refractivity contribution in [1.82, 2.24) is 19.9 Å². The molecule has 1 aliphatic heterocycles. The van der Waals surface area contributed by atoms with Gasteiger partial charge in [-0.05, 0) is 43.7 Å². The summed E-state index contributed by atoms with van der Waals surface area (Å²) < 4.78 is 5.86. The molecule has 1 saturated heterocycles. The van der Waals surface area contributed by atoms with E-state index in [0.29, 0.717) is 24.5 Å². The van der Waals surface area contributed by atoms with Crippen LogP contribution >= 0.6 is 11.3 Å². The van der Waals surface area contributed by atoms with Crippen molar-refractivity contribution in [3.05, 3.63) is 70.2 Å². The molecule has 0 unspecified atom stereocenters. The molecule has 8 heteroatoms. The number of imidazole rings is 1. The number of hydrogen-bond donors (Lipinski definition) is 1. The number of fused-ring (bicyclic) bond motifs is 1. The van der Waals surface area contributed by atoms with Crippen molar-refractivity contribution in [3.8, 4) is 5.75 Å². The quantitative estimate of drug-likeness (QED) is 0.495. The minimum atomic E-state index is 0.0337. The fourth-order valence-corrected chi connectivity index (χ4v) is 4.55. The van der Waals surface area contributed by atoms with Gasteiger partial charge in [0.1, 0.15) is 12.4 Å². The molecular weight excluding hydrogens is 422 g/mol. The van der Waals surface area contributed by atoms with Gasteiger partial charge in [-0.25, -0.2) is 9.97 Å². The predicted molar refractivity (Wildman–Crippen MR) is 126 cm³/mol. The smallest absolute Gasteiger partial charge is 0.254 e. The molecule has 0 radical (unpaired) electrons. The average molecular weight is 448 g/mol. The lowest BCUT2D eigenvalue weighted by atomic mass is 10.2. The summed E-state index contributed by atoms with van der Waals surface area (Å²) in [5.41, 5.74) is 3.55. The van der Waals surface area contributed by atoms with Gasteiger partial charge in [0.2, 0.25) is 5.95 Å². The number of thiazole rings is 1. The molecule has 0 atom stereocenters. The maximum atomic E-state index is 13.2. The second-order valence-electron chi connectivity index (χ2n) is 7.88. The number of carbonyl (C=O) groups is 1. The first-order chi connectivity index (χ1) is 15.7. The van der Waals surface area contributed by atoms with Crippen molar-refractivity contribution < 1.29 is 9.53 Å². The lowest BCUT2D eigenvalue weighted by Gasteiger charge is -2.22. The van der Waals surface area contributed by atoms with Crippen molar-refractivity contribution in [2.75, 3.05) is 31.1 Å². The Morgan fingerprint density at radius 1 is 1.09 bits per heavy atom. The molecule has 5 rings (SSSR count). The number of nitrogens with one attached hydrogen (secondary N) is 1. The Morgan fingerprint density at radius 2 is 2.00 bits per heavy atom. The first kappa shape index (κ1) is 20.5. The number of aryl methyl sites for hydroxylation is 1. The predicted octanol–water partition coefficient (Wildman–Crippen LogP) is 4.26. The van der Waals surface area contributed by atoms with Gasteiger partial charge in [-0.1, -0.05) is 18.2 Å². The number of rotatable bonds is 5. The number of aromatic amines is 1. The molecule has 1 fully saturated rings. The Balaban J connectivity index is 1.23. The third kappa shape index (κ3) is 4.45. The minimum absolute atomic E-state index is 0.0337. The lowest BCUT2D eigenvalue weighted by molar-refractivity contribution is 0.0766. The molecule has 1 aliphatic rings. The van der Waals surface area contributed by atoms with Gasteiger partial charge in [0.25, 0.3) is 5.91 Å². The highest BCUT2D eigenvalue weighted by Crippen LogP contribution is 2.21. The number of ether oxygens (including phenoxy) is 1. The third-order valence-corrected chi connectivity index (χ3v) is 6.42. The molecule has 2 aromatic carbocycles. The SMILES string of the molecule is Cc1nc(COc2cccc(C(=O)N3CCCN(c4nc5ccccc5[nH]4)CC3)c2)cs1. The van der Waals surface area contributed by atoms with E-state index in [1.165, 1.54) is 0 Å². The van der Waals surface area contributed by atoms with Crippen LogP contribution < -0.4 is 9.64 Å². The second-order valence-corrected chi connectivity index (χ2v) is 8.95. The van der Waals surface area contributed by atoms with Crippen molar-refractivity contribution in [1.29, 1.82) is 0 Å². The van der Waals surface area contributed by atoms with Gasteiger partial charge in [-0.3, -0.25) is 4.79 Å². The lowest BCUT2D eigenvalue weighted by Crippen LogP contribution is -2.35. The number of nitrogens with zero attached hydrogens (tertiary/aromatic N) is 4. The van der Waals surface area contributed by atoms with Crippen LogP contribution in [-0.2, 0) is 6.61 Å². The van der Waals surface area contributed by atoms with E-state index in [4.69, 9.17) is 9.72 Å². The van der Waals surface area contributed by atoms with Gasteiger partial charge in [0, 0.05) is 37.1 Å². The van der Waals surface area contributed by atoms with E-state index in [2.05, 4.69) is 14.9 Å². The number of H-pyrrole nitrogens is 1. The van der Waals surface area contributed by atoms with Gasteiger partial charge in [-0.2, -0.15) is 0 Å². The summed E-state index contributed by atoms with van der Waals surface area (Å²) in [5.74, 6) is 1.58. The molecule has 0 bridgehead atoms. The minimum Gasteiger partial charge on any atom is -0.487 e. The molecule has 32 heavy (non-hydrogen) atoms. The van der Waals surface area contributed by atoms with Crippen LogP contribution in [0.1, 0.15) is 27.5 Å². The normalized spacial score (nSPS) is 14.5. The summed E-state index contributed by atoms with van der Waals surface area (Å²) in [7, 11) is 0. The standard InChI is InChI=1S/C24H25N5O2S/c1-17-25-19(16-32-17)15-31-20-7-4-6-18(14-20)23(30)28-10-5-11-29(13-12-28)24-26-21-8-2-3-9-22(21)27-24/h2-4,6-9,14,16H,5,10-13,15H2,1H3,(H,26,27). The van der Waals surface area contributed by atoms with Crippen LogP contribution in [0.3, 0.4) is 0 Å². The van der Waals surface area contributed by atoms with Crippen molar-refractivity contribution >= 4 is 34.2 Å². The summed E-state index contributed by atoms with van der Waals surface area (Å²) in [4.78, 5) is 29.9. The molecular formula is C24H25N5O2S. The van der Waals surface area contributed by atoms with Crippen LogP contribution in [0, 0.1) is 6.92 Å². The zero-order chi connectivity index (χ0) is 21.9. The van der Waals surface area contributed by atoms with Gasteiger partial charge < -0.3 is 19.5 Å². The van der Waals surface area contributed by atoms with Gasteiger partial charge >= 0.3 is 0 Å². The van der Waals surface area contributed by atoms with Gasteiger partial charge in [-0.15, -0.1) is 11.3 Å². The van der Waals surface area contributed by atoms with Crippen LogP contribution in [0.5, 0.6) is 5.75 Å². The van der Waals surface area contributed by atoms with E-state index in [-0.39, 0.29) is 5.91 Å². The Bertz CT molecular complexity index is 1200. The maximum absolute atomic E-state index is 13.2. The topological polar surface area (TPSA) is 74.3 Å². The summed E-state index contributed by atoms with van der Waals surface area (Å²) in [6, 6.07) is 15.5. The number of hydrogen-bond acceptors (Lipinski definition) is 6. The molecule has 2 aromatic heterocycles. The zero-order valence-corrected chi connectivity index (χ0v) is 18.8. The molecule has 3 heterocycles. The number of carbonyl (C=O) groups excluding carboxylic acids is 1.